The summed E-state index contributed by atoms with van der Waals surface area (Å²) in [6, 6.07) is 30.1. The SMILES string of the molecule is O=C(Nc1c[nH]c2ncc(-c3cccc(CN4CCCC(F)C4)c3)cc12)c1cnn(Cc2ccccc2)c1.O=C(O)c1cnn(Cc2ccccc2)c1. The Morgan fingerprint density at radius 3 is 2.11 bits per heavy atom. The number of likely N-dealkylation sites (tertiary alicyclic amines) is 1. The number of fused-ring (bicyclic) bond motifs is 1. The fraction of sp³-hybridized carbons (Fsp3) is 0.195. The van der Waals surface area contributed by atoms with E-state index in [1.165, 1.54) is 12.4 Å². The minimum Gasteiger partial charge on any atom is -0.478 e. The normalized spacial score (nSPS) is 14.4. The maximum Gasteiger partial charge on any atom is 0.338 e. The Hall–Kier alpha value is -6.40. The van der Waals surface area contributed by atoms with Crippen molar-refractivity contribution in [2.75, 3.05) is 18.4 Å². The minimum absolute atomic E-state index is 0.214. The quantitative estimate of drug-likeness (QED) is 0.136. The lowest BCUT2D eigenvalue weighted by atomic mass is 10.0. The summed E-state index contributed by atoms with van der Waals surface area (Å²) in [5.41, 5.74) is 7.40. The smallest absolute Gasteiger partial charge is 0.338 e. The first-order valence-electron chi connectivity index (χ1n) is 17.5. The third-order valence-corrected chi connectivity index (χ3v) is 9.04. The van der Waals surface area contributed by atoms with Crippen LogP contribution in [0.5, 0.6) is 0 Å². The van der Waals surface area contributed by atoms with Crippen molar-refractivity contribution < 1.29 is 19.1 Å². The number of hydrogen-bond acceptors (Lipinski definition) is 6. The number of aromatic nitrogens is 6. The Kier molecular flexibility index (Phi) is 10.8. The molecule has 3 N–H and O–H groups in total. The molecule has 8 rings (SSSR count). The number of benzene rings is 3. The van der Waals surface area contributed by atoms with Crippen LogP contribution in [0.1, 0.15) is 50.2 Å². The molecule has 11 nitrogen and oxygen atoms in total. The van der Waals surface area contributed by atoms with E-state index in [1.807, 2.05) is 85.1 Å². The number of carbonyl (C=O) groups excluding carboxylic acids is 1. The summed E-state index contributed by atoms with van der Waals surface area (Å²) in [5, 5.41) is 20.9. The highest BCUT2D eigenvalue weighted by atomic mass is 19.1. The number of rotatable bonds is 10. The summed E-state index contributed by atoms with van der Waals surface area (Å²) in [6.45, 7) is 3.34. The third-order valence-electron chi connectivity index (χ3n) is 9.04. The van der Waals surface area contributed by atoms with Crippen LogP contribution < -0.4 is 5.32 Å². The number of pyridine rings is 1. The van der Waals surface area contributed by atoms with Crippen molar-refractivity contribution in [1.82, 2.24) is 34.4 Å². The van der Waals surface area contributed by atoms with Gasteiger partial charge in [-0.15, -0.1) is 0 Å². The zero-order valence-corrected chi connectivity index (χ0v) is 29.0. The van der Waals surface area contributed by atoms with E-state index in [4.69, 9.17) is 5.11 Å². The van der Waals surface area contributed by atoms with Gasteiger partial charge in [0.25, 0.3) is 5.91 Å². The largest absolute Gasteiger partial charge is 0.478 e. The monoisotopic (exact) mass is 710 g/mol. The van der Waals surface area contributed by atoms with Gasteiger partial charge in [-0.3, -0.25) is 19.1 Å². The van der Waals surface area contributed by atoms with E-state index < -0.39 is 12.1 Å². The van der Waals surface area contributed by atoms with Crippen molar-refractivity contribution in [3.8, 4) is 11.1 Å². The molecule has 1 unspecified atom stereocenters. The van der Waals surface area contributed by atoms with Crippen LogP contribution in [-0.4, -0.2) is 70.7 Å². The van der Waals surface area contributed by atoms with E-state index in [1.54, 1.807) is 28.0 Å². The molecule has 1 amide bonds. The molecule has 0 bridgehead atoms. The highest BCUT2D eigenvalue weighted by Crippen LogP contribution is 2.29. The minimum atomic E-state index is -0.950. The Bertz CT molecular complexity index is 2300. The van der Waals surface area contributed by atoms with Gasteiger partial charge in [-0.05, 0) is 53.8 Å². The van der Waals surface area contributed by atoms with E-state index in [0.29, 0.717) is 43.0 Å². The summed E-state index contributed by atoms with van der Waals surface area (Å²) >= 11 is 0. The van der Waals surface area contributed by atoms with E-state index in [9.17, 15) is 14.0 Å². The standard InChI is InChI=1S/C30H29FN6O.C11H10N2O2/c31-26-10-5-11-36(20-26)17-22-8-4-9-23(12-22)24-13-27-28(16-33-29(27)32-14-24)35-30(38)25-15-34-37(19-25)18-21-6-2-1-3-7-21;14-11(15)10-6-12-13(8-10)7-9-4-2-1-3-5-9/h1-4,6-9,12-16,19,26H,5,10-11,17-18,20H2,(H,32,33)(H,35,38);1-6,8H,7H2,(H,14,15). The molecule has 7 aromatic rings. The molecule has 0 spiro atoms. The second-order valence-electron chi connectivity index (χ2n) is 13.1. The number of carbonyl (C=O) groups is 2. The van der Waals surface area contributed by atoms with Gasteiger partial charge in [0.2, 0.25) is 0 Å². The van der Waals surface area contributed by atoms with Gasteiger partial charge in [0.1, 0.15) is 11.8 Å². The molecule has 1 saturated heterocycles. The average molecular weight is 711 g/mol. The zero-order chi connectivity index (χ0) is 36.6. The highest BCUT2D eigenvalue weighted by Gasteiger charge is 2.19. The van der Waals surface area contributed by atoms with Crippen LogP contribution in [0, 0.1) is 0 Å². The number of halogens is 1. The molecule has 12 heteroatoms. The summed E-state index contributed by atoms with van der Waals surface area (Å²) in [5.74, 6) is -1.18. The molecule has 1 fully saturated rings. The summed E-state index contributed by atoms with van der Waals surface area (Å²) < 4.78 is 17.2. The van der Waals surface area contributed by atoms with Crippen LogP contribution in [0.2, 0.25) is 0 Å². The van der Waals surface area contributed by atoms with Crippen molar-refractivity contribution >= 4 is 28.6 Å². The number of alkyl halides is 1. The van der Waals surface area contributed by atoms with E-state index in [0.717, 1.165) is 52.7 Å². The Labute approximate surface area is 305 Å². The van der Waals surface area contributed by atoms with Crippen LogP contribution in [0.3, 0.4) is 0 Å². The number of carboxylic acid groups (broad SMARTS) is 1. The van der Waals surface area contributed by atoms with Crippen LogP contribution in [-0.2, 0) is 19.6 Å². The fourth-order valence-electron chi connectivity index (χ4n) is 6.38. The van der Waals surface area contributed by atoms with Crippen molar-refractivity contribution in [3.63, 3.8) is 0 Å². The number of hydrogen-bond donors (Lipinski definition) is 3. The molecule has 5 heterocycles. The molecule has 1 aliphatic rings. The summed E-state index contributed by atoms with van der Waals surface area (Å²) in [7, 11) is 0. The fourth-order valence-corrected chi connectivity index (χ4v) is 6.38. The molecule has 53 heavy (non-hydrogen) atoms. The number of anilines is 1. The molecule has 1 atom stereocenters. The lowest BCUT2D eigenvalue weighted by Gasteiger charge is -2.28. The number of nitrogens with one attached hydrogen (secondary N) is 2. The van der Waals surface area contributed by atoms with E-state index >= 15 is 0 Å². The van der Waals surface area contributed by atoms with Gasteiger partial charge in [-0.2, -0.15) is 10.2 Å². The molecule has 0 radical (unpaired) electrons. The number of aromatic carboxylic acids is 1. The lowest BCUT2D eigenvalue weighted by Crippen LogP contribution is -2.35. The average Bonchev–Trinajstić information content (AvgIpc) is 3.94. The highest BCUT2D eigenvalue weighted by molar-refractivity contribution is 6.08. The third kappa shape index (κ3) is 9.10. The number of carboxylic acids is 1. The topological polar surface area (TPSA) is 134 Å². The molecular formula is C41H39FN8O3. The first kappa shape index (κ1) is 35.0. The van der Waals surface area contributed by atoms with Crippen molar-refractivity contribution in [2.45, 2.75) is 38.6 Å². The van der Waals surface area contributed by atoms with Gasteiger partial charge >= 0.3 is 5.97 Å². The molecule has 0 saturated carbocycles. The first-order valence-corrected chi connectivity index (χ1v) is 17.5. The van der Waals surface area contributed by atoms with Crippen molar-refractivity contribution in [3.05, 3.63) is 156 Å². The molecule has 3 aromatic carbocycles. The number of nitrogens with zero attached hydrogens (tertiary/aromatic N) is 6. The number of aromatic amines is 1. The second kappa shape index (κ2) is 16.3. The molecule has 0 aliphatic carbocycles. The molecule has 268 valence electrons. The summed E-state index contributed by atoms with van der Waals surface area (Å²) in [6.07, 6.45) is 10.6. The van der Waals surface area contributed by atoms with E-state index in [-0.39, 0.29) is 11.5 Å². The maximum absolute atomic E-state index is 13.8. The van der Waals surface area contributed by atoms with Gasteiger partial charge in [-0.25, -0.2) is 14.2 Å². The lowest BCUT2D eigenvalue weighted by molar-refractivity contribution is 0.0696. The van der Waals surface area contributed by atoms with Gasteiger partial charge in [-0.1, -0.05) is 78.9 Å². The van der Waals surface area contributed by atoms with Crippen molar-refractivity contribution in [2.24, 2.45) is 0 Å². The predicted octanol–water partition coefficient (Wildman–Crippen LogP) is 7.29. The Morgan fingerprint density at radius 2 is 1.45 bits per heavy atom. The molecule has 1 aliphatic heterocycles. The predicted molar refractivity (Wildman–Crippen MR) is 201 cm³/mol. The van der Waals surface area contributed by atoms with Gasteiger partial charge in [0, 0.05) is 48.8 Å². The van der Waals surface area contributed by atoms with Crippen LogP contribution >= 0.6 is 0 Å². The van der Waals surface area contributed by atoms with E-state index in [2.05, 4.69) is 42.5 Å². The van der Waals surface area contributed by atoms with Gasteiger partial charge in [0.15, 0.2) is 0 Å². The molecule has 4 aromatic heterocycles. The van der Waals surface area contributed by atoms with Crippen molar-refractivity contribution in [1.29, 1.82) is 0 Å². The number of amides is 1. The Balaban J connectivity index is 0.000000242. The second-order valence-corrected chi connectivity index (χ2v) is 13.1. The van der Waals surface area contributed by atoms with Crippen LogP contribution in [0.4, 0.5) is 10.1 Å². The summed E-state index contributed by atoms with van der Waals surface area (Å²) in [4.78, 5) is 33.5. The van der Waals surface area contributed by atoms with Gasteiger partial charge in [0.05, 0.1) is 42.3 Å². The zero-order valence-electron chi connectivity index (χ0n) is 29.0. The first-order chi connectivity index (χ1) is 25.9. The van der Waals surface area contributed by atoms with Crippen LogP contribution in [0.25, 0.3) is 22.2 Å². The Morgan fingerprint density at radius 1 is 0.792 bits per heavy atom. The molecular weight excluding hydrogens is 672 g/mol. The number of piperidine rings is 1. The maximum atomic E-state index is 13.8. The van der Waals surface area contributed by atoms with Crippen LogP contribution in [0.15, 0.2) is 128 Å². The van der Waals surface area contributed by atoms with Gasteiger partial charge < -0.3 is 15.4 Å². The number of H-pyrrole nitrogens is 1.